The van der Waals surface area contributed by atoms with Crippen molar-refractivity contribution < 1.29 is 4.79 Å². The number of carbonyl (C=O) groups is 1. The molecule has 2 aromatic rings. The van der Waals surface area contributed by atoms with Crippen LogP contribution >= 0.6 is 11.3 Å². The highest BCUT2D eigenvalue weighted by atomic mass is 32.1. The highest BCUT2D eigenvalue weighted by Crippen LogP contribution is 2.09. The molecule has 5 heteroatoms. The smallest absolute Gasteiger partial charge is 0.239 e. The Morgan fingerprint density at radius 3 is 2.70 bits per heavy atom. The van der Waals surface area contributed by atoms with Crippen molar-refractivity contribution in [3.05, 3.63) is 52.2 Å². The van der Waals surface area contributed by atoms with Crippen LogP contribution in [0.1, 0.15) is 10.4 Å². The number of amides is 1. The fourth-order valence-electron chi connectivity index (χ4n) is 1.69. The average Bonchev–Trinajstić information content (AvgIpc) is 2.99. The Morgan fingerprint density at radius 1 is 1.25 bits per heavy atom. The van der Waals surface area contributed by atoms with Gasteiger partial charge in [-0.1, -0.05) is 6.07 Å². The molecule has 1 aromatic carbocycles. The van der Waals surface area contributed by atoms with Gasteiger partial charge < -0.3 is 10.6 Å². The molecule has 4 nitrogen and oxygen atoms in total. The lowest BCUT2D eigenvalue weighted by Crippen LogP contribution is -2.31. The second-order valence-electron chi connectivity index (χ2n) is 4.22. The first kappa shape index (κ1) is 14.1. The van der Waals surface area contributed by atoms with Crippen molar-refractivity contribution >= 4 is 22.9 Å². The molecule has 2 N–H and O–H groups in total. The molecule has 0 aliphatic heterocycles. The van der Waals surface area contributed by atoms with Crippen molar-refractivity contribution in [3.63, 3.8) is 0 Å². The molecular formula is C15H15N3OS. The minimum Gasteiger partial charge on any atom is -0.376 e. The van der Waals surface area contributed by atoms with E-state index in [-0.39, 0.29) is 12.5 Å². The van der Waals surface area contributed by atoms with E-state index in [1.807, 2.05) is 11.4 Å². The number of rotatable bonds is 6. The second kappa shape index (κ2) is 7.31. The number of carbonyl (C=O) groups excluding carboxylic acids is 1. The molecule has 20 heavy (non-hydrogen) atoms. The van der Waals surface area contributed by atoms with E-state index in [2.05, 4.69) is 22.8 Å². The predicted octanol–water partition coefficient (Wildman–Crippen LogP) is 2.39. The summed E-state index contributed by atoms with van der Waals surface area (Å²) in [5.41, 5.74) is 1.44. The summed E-state index contributed by atoms with van der Waals surface area (Å²) in [5.74, 6) is -0.0362. The van der Waals surface area contributed by atoms with E-state index >= 15 is 0 Å². The van der Waals surface area contributed by atoms with Crippen LogP contribution in [0.2, 0.25) is 0 Å². The fraction of sp³-hybridized carbons (Fsp3) is 0.200. The van der Waals surface area contributed by atoms with Crippen LogP contribution in [-0.2, 0) is 11.2 Å². The van der Waals surface area contributed by atoms with Crippen LogP contribution < -0.4 is 10.6 Å². The summed E-state index contributed by atoms with van der Waals surface area (Å²) in [7, 11) is 0. The number of thiophene rings is 1. The van der Waals surface area contributed by atoms with Crippen LogP contribution in [0.15, 0.2) is 41.8 Å². The van der Waals surface area contributed by atoms with Gasteiger partial charge in [0.25, 0.3) is 0 Å². The summed E-state index contributed by atoms with van der Waals surface area (Å²) in [6, 6.07) is 13.1. The molecule has 1 heterocycles. The Labute approximate surface area is 122 Å². The average molecular weight is 285 g/mol. The third kappa shape index (κ3) is 4.41. The summed E-state index contributed by atoms with van der Waals surface area (Å²) in [5, 5.41) is 16.6. The van der Waals surface area contributed by atoms with Crippen LogP contribution in [-0.4, -0.2) is 19.0 Å². The van der Waals surface area contributed by atoms with Crippen molar-refractivity contribution in [2.24, 2.45) is 0 Å². The summed E-state index contributed by atoms with van der Waals surface area (Å²) < 4.78 is 0. The van der Waals surface area contributed by atoms with Crippen molar-refractivity contribution in [2.75, 3.05) is 18.4 Å². The molecule has 0 radical (unpaired) electrons. The summed E-state index contributed by atoms with van der Waals surface area (Å²) in [6.07, 6.45) is 0.861. The number of anilines is 1. The van der Waals surface area contributed by atoms with Crippen molar-refractivity contribution in [1.82, 2.24) is 5.32 Å². The number of nitrogens with one attached hydrogen (secondary N) is 2. The Kier molecular flexibility index (Phi) is 5.15. The van der Waals surface area contributed by atoms with E-state index < -0.39 is 0 Å². The minimum absolute atomic E-state index is 0.0362. The lowest BCUT2D eigenvalue weighted by Gasteiger charge is -2.07. The predicted molar refractivity (Wildman–Crippen MR) is 80.7 cm³/mol. The first-order chi connectivity index (χ1) is 9.78. The van der Waals surface area contributed by atoms with Gasteiger partial charge in [-0.25, -0.2) is 0 Å². The highest BCUT2D eigenvalue weighted by Gasteiger charge is 2.01. The standard InChI is InChI=1S/C15H15N3OS/c16-10-12-3-5-13(6-4-12)18-11-15(19)17-8-7-14-2-1-9-20-14/h1-6,9,18H,7-8,11H2,(H,17,19). The van der Waals surface area contributed by atoms with Crippen molar-refractivity contribution in [1.29, 1.82) is 5.26 Å². The summed E-state index contributed by atoms with van der Waals surface area (Å²) >= 11 is 1.69. The van der Waals surface area contributed by atoms with Crippen LogP contribution in [0.25, 0.3) is 0 Å². The van der Waals surface area contributed by atoms with Crippen molar-refractivity contribution in [2.45, 2.75) is 6.42 Å². The van der Waals surface area contributed by atoms with E-state index in [1.54, 1.807) is 35.6 Å². The zero-order valence-corrected chi connectivity index (χ0v) is 11.7. The molecule has 0 atom stereocenters. The molecule has 0 fully saturated rings. The van der Waals surface area contributed by atoms with Gasteiger partial charge in [-0.2, -0.15) is 5.26 Å². The Hall–Kier alpha value is -2.32. The molecule has 0 saturated heterocycles. The molecule has 0 aliphatic carbocycles. The van der Waals surface area contributed by atoms with E-state index in [0.29, 0.717) is 12.1 Å². The molecule has 0 spiro atoms. The number of nitriles is 1. The van der Waals surface area contributed by atoms with Crippen molar-refractivity contribution in [3.8, 4) is 6.07 Å². The largest absolute Gasteiger partial charge is 0.376 e. The number of hydrogen-bond donors (Lipinski definition) is 2. The Bertz CT molecular complexity index is 585. The van der Waals surface area contributed by atoms with Gasteiger partial charge in [0, 0.05) is 17.1 Å². The molecule has 0 bridgehead atoms. The van der Waals surface area contributed by atoms with E-state index in [4.69, 9.17) is 5.26 Å². The summed E-state index contributed by atoms with van der Waals surface area (Å²) in [6.45, 7) is 0.880. The first-order valence-electron chi connectivity index (χ1n) is 6.31. The molecule has 0 saturated carbocycles. The highest BCUT2D eigenvalue weighted by molar-refractivity contribution is 7.09. The van der Waals surface area contributed by atoms with Gasteiger partial charge in [0.1, 0.15) is 0 Å². The molecule has 1 amide bonds. The van der Waals surface area contributed by atoms with Crippen LogP contribution in [0.5, 0.6) is 0 Å². The van der Waals surface area contributed by atoms with Crippen LogP contribution in [0.3, 0.4) is 0 Å². The molecule has 0 unspecified atom stereocenters. The zero-order valence-electron chi connectivity index (χ0n) is 10.9. The van der Waals surface area contributed by atoms with Gasteiger partial charge in [-0.3, -0.25) is 4.79 Å². The summed E-state index contributed by atoms with van der Waals surface area (Å²) in [4.78, 5) is 12.9. The van der Waals surface area contributed by atoms with E-state index in [9.17, 15) is 4.79 Å². The lowest BCUT2D eigenvalue weighted by molar-refractivity contribution is -0.119. The number of benzene rings is 1. The Balaban J connectivity index is 1.68. The SMILES string of the molecule is N#Cc1ccc(NCC(=O)NCCc2cccs2)cc1. The molecule has 102 valence electrons. The first-order valence-corrected chi connectivity index (χ1v) is 7.19. The van der Waals surface area contributed by atoms with E-state index in [0.717, 1.165) is 12.1 Å². The topological polar surface area (TPSA) is 64.9 Å². The zero-order chi connectivity index (χ0) is 14.2. The second-order valence-corrected chi connectivity index (χ2v) is 5.25. The maximum Gasteiger partial charge on any atom is 0.239 e. The molecule has 1 aromatic heterocycles. The van der Waals surface area contributed by atoms with Crippen LogP contribution in [0.4, 0.5) is 5.69 Å². The fourth-order valence-corrected chi connectivity index (χ4v) is 2.40. The maximum absolute atomic E-state index is 11.6. The maximum atomic E-state index is 11.6. The molecule has 0 aliphatic rings. The molecular weight excluding hydrogens is 270 g/mol. The number of nitrogens with zero attached hydrogens (tertiary/aromatic N) is 1. The van der Waals surface area contributed by atoms with Gasteiger partial charge in [-0.05, 0) is 42.1 Å². The Morgan fingerprint density at radius 2 is 2.05 bits per heavy atom. The third-order valence-corrected chi connectivity index (χ3v) is 3.68. The third-order valence-electron chi connectivity index (χ3n) is 2.74. The van der Waals surface area contributed by atoms with Gasteiger partial charge >= 0.3 is 0 Å². The molecule has 2 rings (SSSR count). The lowest BCUT2D eigenvalue weighted by atomic mass is 10.2. The van der Waals surface area contributed by atoms with Gasteiger partial charge in [0.2, 0.25) is 5.91 Å². The van der Waals surface area contributed by atoms with Gasteiger partial charge in [0.15, 0.2) is 0 Å². The number of hydrogen-bond acceptors (Lipinski definition) is 4. The van der Waals surface area contributed by atoms with Gasteiger partial charge in [0.05, 0.1) is 18.2 Å². The monoisotopic (exact) mass is 285 g/mol. The normalized spacial score (nSPS) is 9.75. The minimum atomic E-state index is -0.0362. The quantitative estimate of drug-likeness (QED) is 0.856. The van der Waals surface area contributed by atoms with Crippen LogP contribution in [0, 0.1) is 11.3 Å². The van der Waals surface area contributed by atoms with Gasteiger partial charge in [-0.15, -0.1) is 11.3 Å². The van der Waals surface area contributed by atoms with E-state index in [1.165, 1.54) is 4.88 Å².